The molecule has 0 saturated carbocycles. The summed E-state index contributed by atoms with van der Waals surface area (Å²) in [5, 5.41) is 9.47. The van der Waals surface area contributed by atoms with E-state index in [2.05, 4.69) is 15.9 Å². The van der Waals surface area contributed by atoms with E-state index < -0.39 is 5.60 Å². The molecule has 0 atom stereocenters. The predicted octanol–water partition coefficient (Wildman–Crippen LogP) is 2.27. The number of hydrogen-bond acceptors (Lipinski definition) is 2. The topological polar surface area (TPSA) is 33.4 Å². The van der Waals surface area contributed by atoms with Crippen LogP contribution in [0.2, 0.25) is 0 Å². The van der Waals surface area contributed by atoms with Crippen LogP contribution in [0.15, 0.2) is 21.4 Å². The number of halogens is 1. The predicted molar refractivity (Wildman–Crippen MR) is 41.7 cm³/mol. The zero-order valence-corrected chi connectivity index (χ0v) is 7.47. The second-order valence-corrected chi connectivity index (χ2v) is 3.55. The van der Waals surface area contributed by atoms with Gasteiger partial charge in [0.15, 0.2) is 0 Å². The summed E-state index contributed by atoms with van der Waals surface area (Å²) in [6.07, 6.45) is 3.08. The lowest BCUT2D eigenvalue weighted by molar-refractivity contribution is 0.0772. The van der Waals surface area contributed by atoms with Crippen LogP contribution in [0.1, 0.15) is 19.4 Å². The molecule has 0 aliphatic heterocycles. The fraction of sp³-hybridized carbons (Fsp3) is 0.429. The summed E-state index contributed by atoms with van der Waals surface area (Å²) in [6.45, 7) is 3.42. The van der Waals surface area contributed by atoms with E-state index in [1.165, 1.54) is 6.26 Å². The van der Waals surface area contributed by atoms with Crippen LogP contribution in [0.4, 0.5) is 0 Å². The van der Waals surface area contributed by atoms with E-state index >= 15 is 0 Å². The van der Waals surface area contributed by atoms with E-state index in [0.29, 0.717) is 0 Å². The molecule has 0 unspecified atom stereocenters. The first-order valence-electron chi connectivity index (χ1n) is 2.96. The van der Waals surface area contributed by atoms with Crippen LogP contribution < -0.4 is 0 Å². The quantitative estimate of drug-likeness (QED) is 0.762. The molecular formula is C7H9BrO2. The van der Waals surface area contributed by atoms with Crippen molar-refractivity contribution in [3.63, 3.8) is 0 Å². The molecule has 0 aromatic carbocycles. The average molecular weight is 205 g/mol. The molecule has 3 heteroatoms. The van der Waals surface area contributed by atoms with Crippen LogP contribution in [0.25, 0.3) is 0 Å². The first-order chi connectivity index (χ1) is 4.52. The standard InChI is InChI=1S/C7H9BrO2/c1-7(2,9)5-3-10-4-6(5)8/h3-4,9H,1-2H3. The SMILES string of the molecule is CC(C)(O)c1cocc1Br. The van der Waals surface area contributed by atoms with Crippen molar-refractivity contribution in [3.8, 4) is 0 Å². The van der Waals surface area contributed by atoms with Gasteiger partial charge in [0, 0.05) is 5.56 Å². The van der Waals surface area contributed by atoms with E-state index in [-0.39, 0.29) is 0 Å². The highest BCUT2D eigenvalue weighted by Crippen LogP contribution is 2.28. The smallest absolute Gasteiger partial charge is 0.105 e. The molecule has 0 aliphatic carbocycles. The minimum Gasteiger partial charge on any atom is -0.471 e. The minimum atomic E-state index is -0.828. The van der Waals surface area contributed by atoms with E-state index in [1.807, 2.05) is 0 Å². The van der Waals surface area contributed by atoms with Crippen molar-refractivity contribution in [2.75, 3.05) is 0 Å². The van der Waals surface area contributed by atoms with E-state index in [0.717, 1.165) is 10.0 Å². The molecule has 2 nitrogen and oxygen atoms in total. The monoisotopic (exact) mass is 204 g/mol. The molecule has 10 heavy (non-hydrogen) atoms. The van der Waals surface area contributed by atoms with Gasteiger partial charge in [-0.3, -0.25) is 0 Å². The molecule has 56 valence electrons. The summed E-state index contributed by atoms with van der Waals surface area (Å²) in [5.41, 5.74) is -0.0567. The van der Waals surface area contributed by atoms with E-state index in [4.69, 9.17) is 4.42 Å². The lowest BCUT2D eigenvalue weighted by Gasteiger charge is -2.14. The molecule has 0 bridgehead atoms. The van der Waals surface area contributed by atoms with Crippen molar-refractivity contribution in [3.05, 3.63) is 22.6 Å². The van der Waals surface area contributed by atoms with Crippen LogP contribution in [0, 0.1) is 0 Å². The summed E-state index contributed by atoms with van der Waals surface area (Å²) in [7, 11) is 0. The third kappa shape index (κ3) is 1.41. The summed E-state index contributed by atoms with van der Waals surface area (Å²) >= 11 is 3.25. The van der Waals surface area contributed by atoms with Crippen molar-refractivity contribution in [2.24, 2.45) is 0 Å². The molecular weight excluding hydrogens is 196 g/mol. The number of aliphatic hydroxyl groups is 1. The first-order valence-corrected chi connectivity index (χ1v) is 3.75. The Morgan fingerprint density at radius 3 is 2.30 bits per heavy atom. The van der Waals surface area contributed by atoms with Crippen molar-refractivity contribution < 1.29 is 9.52 Å². The van der Waals surface area contributed by atoms with E-state index in [9.17, 15) is 5.11 Å². The normalized spacial score (nSPS) is 12.0. The van der Waals surface area contributed by atoms with Gasteiger partial charge < -0.3 is 9.52 Å². The summed E-state index contributed by atoms with van der Waals surface area (Å²) in [5.74, 6) is 0. The van der Waals surface area contributed by atoms with Gasteiger partial charge in [0.05, 0.1) is 16.3 Å². The first kappa shape index (κ1) is 7.82. The Labute approximate surface area is 68.0 Å². The Morgan fingerprint density at radius 1 is 1.50 bits per heavy atom. The maximum Gasteiger partial charge on any atom is 0.105 e. The maximum absolute atomic E-state index is 9.47. The molecule has 0 spiro atoms. The lowest BCUT2D eigenvalue weighted by Crippen LogP contribution is -2.14. The summed E-state index contributed by atoms with van der Waals surface area (Å²) in [6, 6.07) is 0. The molecule has 1 N–H and O–H groups in total. The van der Waals surface area contributed by atoms with Gasteiger partial charge in [-0.15, -0.1) is 0 Å². The number of hydrogen-bond donors (Lipinski definition) is 1. The van der Waals surface area contributed by atoms with Crippen molar-refractivity contribution in [1.29, 1.82) is 0 Å². The molecule has 0 amide bonds. The lowest BCUT2D eigenvalue weighted by atomic mass is 10.0. The van der Waals surface area contributed by atoms with Gasteiger partial charge in [0.2, 0.25) is 0 Å². The molecule has 1 aromatic rings. The van der Waals surface area contributed by atoms with Crippen LogP contribution >= 0.6 is 15.9 Å². The van der Waals surface area contributed by atoms with Crippen molar-refractivity contribution in [2.45, 2.75) is 19.4 Å². The van der Waals surface area contributed by atoms with Gasteiger partial charge in [-0.05, 0) is 29.8 Å². The van der Waals surface area contributed by atoms with Crippen LogP contribution in [-0.4, -0.2) is 5.11 Å². The molecule has 0 fully saturated rings. The fourth-order valence-electron chi connectivity index (χ4n) is 0.718. The van der Waals surface area contributed by atoms with Crippen molar-refractivity contribution in [1.82, 2.24) is 0 Å². The largest absolute Gasteiger partial charge is 0.471 e. The number of furan rings is 1. The molecule has 1 aromatic heterocycles. The molecule has 1 heterocycles. The van der Waals surface area contributed by atoms with Crippen molar-refractivity contribution >= 4 is 15.9 Å². The molecule has 1 rings (SSSR count). The van der Waals surface area contributed by atoms with E-state index in [1.54, 1.807) is 20.1 Å². The van der Waals surface area contributed by atoms with Gasteiger partial charge in [-0.2, -0.15) is 0 Å². The van der Waals surface area contributed by atoms with Gasteiger partial charge in [0.1, 0.15) is 6.26 Å². The molecule has 0 aliphatic rings. The van der Waals surface area contributed by atoms with Gasteiger partial charge in [0.25, 0.3) is 0 Å². The fourth-order valence-corrected chi connectivity index (χ4v) is 1.40. The molecule has 0 saturated heterocycles. The van der Waals surface area contributed by atoms with Crippen LogP contribution in [-0.2, 0) is 5.60 Å². The highest BCUT2D eigenvalue weighted by molar-refractivity contribution is 9.10. The average Bonchev–Trinajstić information content (AvgIpc) is 2.11. The Morgan fingerprint density at radius 2 is 2.10 bits per heavy atom. The Hall–Kier alpha value is -0.280. The summed E-state index contributed by atoms with van der Waals surface area (Å²) < 4.78 is 5.67. The Balaban J connectivity index is 3.05. The van der Waals surface area contributed by atoms with Crippen LogP contribution in [0.3, 0.4) is 0 Å². The van der Waals surface area contributed by atoms with Gasteiger partial charge in [-0.25, -0.2) is 0 Å². The second kappa shape index (κ2) is 2.40. The van der Waals surface area contributed by atoms with Crippen LogP contribution in [0.5, 0.6) is 0 Å². The molecule has 0 radical (unpaired) electrons. The third-order valence-corrected chi connectivity index (χ3v) is 1.89. The third-order valence-electron chi connectivity index (χ3n) is 1.27. The Bertz CT molecular complexity index is 222. The Kier molecular flexibility index (Phi) is 1.88. The highest BCUT2D eigenvalue weighted by atomic mass is 79.9. The van der Waals surface area contributed by atoms with Gasteiger partial charge >= 0.3 is 0 Å². The minimum absolute atomic E-state index is 0.771. The number of rotatable bonds is 1. The zero-order chi connectivity index (χ0) is 7.78. The summed E-state index contributed by atoms with van der Waals surface area (Å²) in [4.78, 5) is 0. The van der Waals surface area contributed by atoms with Gasteiger partial charge in [-0.1, -0.05) is 0 Å². The highest BCUT2D eigenvalue weighted by Gasteiger charge is 2.20. The second-order valence-electron chi connectivity index (χ2n) is 2.69. The zero-order valence-electron chi connectivity index (χ0n) is 5.89. The maximum atomic E-state index is 9.47.